The Morgan fingerprint density at radius 1 is 1.19 bits per heavy atom. The molecule has 0 amide bonds. The molecule has 112 valence electrons. The first-order chi connectivity index (χ1) is 9.90. The van der Waals surface area contributed by atoms with Crippen LogP contribution in [0.3, 0.4) is 0 Å². The highest BCUT2D eigenvalue weighted by Gasteiger charge is 2.09. The maximum atomic E-state index is 11.9. The summed E-state index contributed by atoms with van der Waals surface area (Å²) < 4.78 is 3.61. The van der Waals surface area contributed by atoms with Crippen LogP contribution in [0.1, 0.15) is 24.2 Å². The highest BCUT2D eigenvalue weighted by molar-refractivity contribution is 9.10. The summed E-state index contributed by atoms with van der Waals surface area (Å²) in [5, 5.41) is 3.33. The normalized spacial score (nSPS) is 12.4. The number of nitrogens with one attached hydrogen (secondary N) is 1. The Bertz CT molecular complexity index is 764. The third-order valence-electron chi connectivity index (χ3n) is 3.56. The summed E-state index contributed by atoms with van der Waals surface area (Å²) in [6.45, 7) is 2.50. The van der Waals surface area contributed by atoms with Crippen LogP contribution in [0, 0.1) is 0 Å². The lowest BCUT2D eigenvalue weighted by Gasteiger charge is -2.16. The van der Waals surface area contributed by atoms with Crippen molar-refractivity contribution >= 4 is 15.9 Å². The van der Waals surface area contributed by atoms with E-state index in [1.165, 1.54) is 17.7 Å². The number of aromatic nitrogens is 2. The molecule has 1 aromatic carbocycles. The maximum Gasteiger partial charge on any atom is 0.330 e. The summed E-state index contributed by atoms with van der Waals surface area (Å²) in [5.41, 5.74) is 1.21. The summed E-state index contributed by atoms with van der Waals surface area (Å²) in [7, 11) is 3.15. The van der Waals surface area contributed by atoms with Crippen LogP contribution in [0.25, 0.3) is 0 Å². The SMILES string of the molecule is CC(NCc1cc(=O)n(C)c(=O)n1C)c1cccc(Br)c1. The van der Waals surface area contributed by atoms with E-state index in [1.807, 2.05) is 31.2 Å². The molecule has 0 bridgehead atoms. The molecule has 1 N–H and O–H groups in total. The molecule has 0 saturated carbocycles. The molecule has 21 heavy (non-hydrogen) atoms. The van der Waals surface area contributed by atoms with Gasteiger partial charge in [0, 0.05) is 42.9 Å². The fourth-order valence-corrected chi connectivity index (χ4v) is 2.52. The van der Waals surface area contributed by atoms with Crippen molar-refractivity contribution < 1.29 is 0 Å². The van der Waals surface area contributed by atoms with Gasteiger partial charge in [-0.3, -0.25) is 13.9 Å². The average molecular weight is 352 g/mol. The van der Waals surface area contributed by atoms with Crippen molar-refractivity contribution in [1.82, 2.24) is 14.5 Å². The third kappa shape index (κ3) is 3.51. The molecule has 0 saturated heterocycles. The molecular formula is C15H18BrN3O2. The second-order valence-electron chi connectivity index (χ2n) is 5.03. The first-order valence-corrected chi connectivity index (χ1v) is 7.44. The Kier molecular flexibility index (Phi) is 4.80. The fraction of sp³-hybridized carbons (Fsp3) is 0.333. The van der Waals surface area contributed by atoms with Gasteiger partial charge in [-0.05, 0) is 24.6 Å². The quantitative estimate of drug-likeness (QED) is 0.911. The molecule has 0 aliphatic rings. The molecule has 0 fully saturated rings. The minimum absolute atomic E-state index is 0.113. The van der Waals surface area contributed by atoms with E-state index in [9.17, 15) is 9.59 Å². The molecule has 0 spiro atoms. The smallest absolute Gasteiger partial charge is 0.305 e. The van der Waals surface area contributed by atoms with Crippen LogP contribution in [0.15, 0.2) is 44.4 Å². The Balaban J connectivity index is 2.17. The molecule has 2 rings (SSSR count). The number of nitrogens with zero attached hydrogens (tertiary/aromatic N) is 2. The van der Waals surface area contributed by atoms with Gasteiger partial charge in [-0.1, -0.05) is 28.1 Å². The number of benzene rings is 1. The van der Waals surface area contributed by atoms with Gasteiger partial charge in [0.1, 0.15) is 0 Å². The highest BCUT2D eigenvalue weighted by Crippen LogP contribution is 2.17. The monoisotopic (exact) mass is 351 g/mol. The summed E-state index contributed by atoms with van der Waals surface area (Å²) in [6.07, 6.45) is 0. The number of hydrogen-bond acceptors (Lipinski definition) is 3. The second kappa shape index (κ2) is 6.41. The molecule has 2 aromatic rings. The molecule has 1 heterocycles. The first kappa shape index (κ1) is 15.7. The highest BCUT2D eigenvalue weighted by atomic mass is 79.9. The van der Waals surface area contributed by atoms with Crippen molar-refractivity contribution in [1.29, 1.82) is 0 Å². The minimum Gasteiger partial charge on any atom is -0.305 e. The summed E-state index contributed by atoms with van der Waals surface area (Å²) in [4.78, 5) is 23.5. The fourth-order valence-electron chi connectivity index (χ4n) is 2.10. The van der Waals surface area contributed by atoms with Crippen LogP contribution in [0.4, 0.5) is 0 Å². The van der Waals surface area contributed by atoms with Crippen LogP contribution in [-0.2, 0) is 20.6 Å². The summed E-state index contributed by atoms with van der Waals surface area (Å²) >= 11 is 3.45. The number of hydrogen-bond donors (Lipinski definition) is 1. The van der Waals surface area contributed by atoms with Gasteiger partial charge in [0.25, 0.3) is 5.56 Å². The van der Waals surface area contributed by atoms with Crippen molar-refractivity contribution in [3.05, 3.63) is 66.9 Å². The van der Waals surface area contributed by atoms with Crippen LogP contribution < -0.4 is 16.6 Å². The van der Waals surface area contributed by atoms with E-state index in [0.29, 0.717) is 12.2 Å². The zero-order valence-electron chi connectivity index (χ0n) is 12.3. The van der Waals surface area contributed by atoms with Gasteiger partial charge >= 0.3 is 5.69 Å². The standard InChI is InChI=1S/C15H18BrN3O2/c1-10(11-5-4-6-12(16)7-11)17-9-13-8-14(20)19(3)15(21)18(13)2/h4-8,10,17H,9H2,1-3H3. The van der Waals surface area contributed by atoms with Crippen molar-refractivity contribution in [2.24, 2.45) is 14.1 Å². The van der Waals surface area contributed by atoms with Crippen molar-refractivity contribution in [3.63, 3.8) is 0 Å². The first-order valence-electron chi connectivity index (χ1n) is 6.65. The Morgan fingerprint density at radius 3 is 2.57 bits per heavy atom. The van der Waals surface area contributed by atoms with E-state index in [-0.39, 0.29) is 17.3 Å². The average Bonchev–Trinajstić information content (AvgIpc) is 2.47. The zero-order chi connectivity index (χ0) is 15.6. The summed E-state index contributed by atoms with van der Waals surface area (Å²) in [5.74, 6) is 0. The van der Waals surface area contributed by atoms with E-state index in [0.717, 1.165) is 14.6 Å². The Hall–Kier alpha value is -1.66. The van der Waals surface area contributed by atoms with E-state index < -0.39 is 0 Å². The molecule has 0 aliphatic heterocycles. The Labute approximate surface area is 131 Å². The van der Waals surface area contributed by atoms with E-state index in [2.05, 4.69) is 21.2 Å². The van der Waals surface area contributed by atoms with Crippen LogP contribution in [0.2, 0.25) is 0 Å². The molecular weight excluding hydrogens is 334 g/mol. The van der Waals surface area contributed by atoms with E-state index in [4.69, 9.17) is 0 Å². The lowest BCUT2D eigenvalue weighted by molar-refractivity contribution is 0.540. The van der Waals surface area contributed by atoms with Crippen LogP contribution in [0.5, 0.6) is 0 Å². The third-order valence-corrected chi connectivity index (χ3v) is 4.06. The number of rotatable bonds is 4. The molecule has 1 atom stereocenters. The van der Waals surface area contributed by atoms with Crippen molar-refractivity contribution in [3.8, 4) is 0 Å². The second-order valence-corrected chi connectivity index (χ2v) is 5.95. The molecule has 0 aliphatic carbocycles. The van der Waals surface area contributed by atoms with Crippen molar-refractivity contribution in [2.45, 2.75) is 19.5 Å². The van der Waals surface area contributed by atoms with Gasteiger partial charge < -0.3 is 5.32 Å². The van der Waals surface area contributed by atoms with Gasteiger partial charge in [0.2, 0.25) is 0 Å². The minimum atomic E-state index is -0.311. The molecule has 1 aromatic heterocycles. The van der Waals surface area contributed by atoms with Crippen LogP contribution in [-0.4, -0.2) is 9.13 Å². The molecule has 1 unspecified atom stereocenters. The predicted molar refractivity (Wildman–Crippen MR) is 86.3 cm³/mol. The lowest BCUT2D eigenvalue weighted by Crippen LogP contribution is -2.39. The van der Waals surface area contributed by atoms with Gasteiger partial charge in [-0.25, -0.2) is 4.79 Å². The predicted octanol–water partition coefficient (Wildman–Crippen LogP) is 1.70. The molecule has 5 nitrogen and oxygen atoms in total. The van der Waals surface area contributed by atoms with Gasteiger partial charge in [-0.15, -0.1) is 0 Å². The van der Waals surface area contributed by atoms with Gasteiger partial charge in [-0.2, -0.15) is 0 Å². The molecule has 0 radical (unpaired) electrons. The van der Waals surface area contributed by atoms with Crippen LogP contribution >= 0.6 is 15.9 Å². The van der Waals surface area contributed by atoms with E-state index in [1.54, 1.807) is 7.05 Å². The van der Waals surface area contributed by atoms with Gasteiger partial charge in [0.05, 0.1) is 0 Å². The van der Waals surface area contributed by atoms with Crippen molar-refractivity contribution in [2.75, 3.05) is 0 Å². The zero-order valence-corrected chi connectivity index (χ0v) is 13.8. The number of halogens is 1. The lowest BCUT2D eigenvalue weighted by atomic mass is 10.1. The maximum absolute atomic E-state index is 11.9. The largest absolute Gasteiger partial charge is 0.330 e. The van der Waals surface area contributed by atoms with Gasteiger partial charge in [0.15, 0.2) is 0 Å². The topological polar surface area (TPSA) is 56.0 Å². The van der Waals surface area contributed by atoms with E-state index >= 15 is 0 Å². The summed E-state index contributed by atoms with van der Waals surface area (Å²) in [6, 6.07) is 9.63. The molecule has 6 heteroatoms. The Morgan fingerprint density at radius 2 is 1.90 bits per heavy atom.